The number of aromatic nitrogens is 4. The first-order valence-electron chi connectivity index (χ1n) is 8.45. The van der Waals surface area contributed by atoms with Crippen LogP contribution in [0.4, 0.5) is 5.82 Å². The highest BCUT2D eigenvalue weighted by Gasteiger charge is 2.47. The van der Waals surface area contributed by atoms with Crippen molar-refractivity contribution < 1.29 is 56.3 Å². The first-order valence-corrected chi connectivity index (χ1v) is 13.0. The zero-order valence-electron chi connectivity index (χ0n) is 16.0. The predicted octanol–water partition coefficient (Wildman–Crippen LogP) is -1.40. The van der Waals surface area contributed by atoms with Crippen LogP contribution in [-0.2, 0) is 31.6 Å². The average molecular weight is 520 g/mol. The fraction of sp³-hybridized carbons (Fsp3) is 0.545. The number of nitrogens with zero attached hydrogens (tertiary/aromatic N) is 4. The van der Waals surface area contributed by atoms with Gasteiger partial charge in [-0.15, -0.1) is 0 Å². The van der Waals surface area contributed by atoms with Crippen LogP contribution in [0.15, 0.2) is 12.7 Å². The van der Waals surface area contributed by atoms with Gasteiger partial charge in [0, 0.05) is 0 Å². The summed E-state index contributed by atoms with van der Waals surface area (Å²) in [6.07, 6.45) is -0.980. The maximum absolute atomic E-state index is 11.9. The number of aliphatic hydroxyl groups is 1. The number of likely N-dealkylation sites (N-methyl/N-ethyl adjacent to an activating group) is 1. The summed E-state index contributed by atoms with van der Waals surface area (Å²) in [4.78, 5) is 47.8. The summed E-state index contributed by atoms with van der Waals surface area (Å²) < 4.78 is 52.9. The third-order valence-corrected chi connectivity index (χ3v) is 7.99. The smallest absolute Gasteiger partial charge is 0.387 e. The van der Waals surface area contributed by atoms with Gasteiger partial charge in [0.05, 0.1) is 19.0 Å². The Kier molecular flexibility index (Phi) is 7.20. The number of anilines is 1. The normalized spacial score (nSPS) is 27.9. The summed E-state index contributed by atoms with van der Waals surface area (Å²) in [6.45, 7) is -0.757. The molecule has 1 aliphatic heterocycles. The number of fused-ring (bicyclic) bond motifs is 1. The molecular formula is C11H19N6O12P3. The number of hydrogen-bond acceptors (Lipinski definition) is 13. The predicted molar refractivity (Wildman–Crippen MR) is 102 cm³/mol. The Labute approximate surface area is 178 Å². The standard InChI is InChI=1S/C11H19N6O12P3/c1-13-6-5(2-26-31(22,23)29-32(24,25)28-30(19,20)21)27-11(8(6)18)17-4-16-7-9(12)14-3-15-10(7)17/h3-6,8,11,13,18H,2H2,1H3,(H,22,23)(H,24,25)(H2,12,14,15)(H2,19,20,21)/t5-,6-,8-,11-/m1/s1. The molecule has 3 heterocycles. The van der Waals surface area contributed by atoms with E-state index in [-0.39, 0.29) is 17.0 Å². The Bertz CT molecular complexity index is 1120. The zero-order chi connectivity index (χ0) is 23.9. The second-order valence-electron chi connectivity index (χ2n) is 6.34. The van der Waals surface area contributed by atoms with Gasteiger partial charge in [-0.05, 0) is 7.05 Å². The van der Waals surface area contributed by atoms with E-state index in [4.69, 9.17) is 20.3 Å². The topological polar surface area (TPSA) is 271 Å². The third-order valence-electron chi connectivity index (χ3n) is 4.19. The lowest BCUT2D eigenvalue weighted by atomic mass is 10.1. The third kappa shape index (κ3) is 5.76. The minimum absolute atomic E-state index is 0.0932. The highest BCUT2D eigenvalue weighted by atomic mass is 31.3. The Morgan fingerprint density at radius 3 is 2.47 bits per heavy atom. The summed E-state index contributed by atoms with van der Waals surface area (Å²) in [5.74, 6) is 0.0932. The van der Waals surface area contributed by atoms with Crippen molar-refractivity contribution in [2.45, 2.75) is 24.5 Å². The first-order chi connectivity index (χ1) is 14.7. The van der Waals surface area contributed by atoms with E-state index < -0.39 is 54.6 Å². The average Bonchev–Trinajstić information content (AvgIpc) is 3.18. The highest BCUT2D eigenvalue weighted by molar-refractivity contribution is 7.66. The van der Waals surface area contributed by atoms with E-state index in [0.29, 0.717) is 0 Å². The maximum Gasteiger partial charge on any atom is 0.490 e. The van der Waals surface area contributed by atoms with Crippen molar-refractivity contribution >= 4 is 40.4 Å². The van der Waals surface area contributed by atoms with Crippen LogP contribution in [0.25, 0.3) is 11.2 Å². The molecule has 2 aromatic rings. The quantitative estimate of drug-likeness (QED) is 0.187. The van der Waals surface area contributed by atoms with Gasteiger partial charge in [-0.2, -0.15) is 8.62 Å². The van der Waals surface area contributed by atoms with E-state index >= 15 is 0 Å². The van der Waals surface area contributed by atoms with Crippen molar-refractivity contribution in [3.05, 3.63) is 12.7 Å². The zero-order valence-corrected chi connectivity index (χ0v) is 18.7. The first kappa shape index (κ1) is 25.3. The molecule has 1 aliphatic rings. The molecule has 2 aromatic heterocycles. The van der Waals surface area contributed by atoms with Gasteiger partial charge in [-0.25, -0.2) is 28.6 Å². The van der Waals surface area contributed by atoms with E-state index in [0.717, 1.165) is 0 Å². The van der Waals surface area contributed by atoms with E-state index in [2.05, 4.69) is 33.4 Å². The maximum atomic E-state index is 11.9. The fourth-order valence-corrected chi connectivity index (χ4v) is 6.03. The number of nitrogens with two attached hydrogens (primary N) is 1. The number of imidazole rings is 1. The minimum Gasteiger partial charge on any atom is -0.387 e. The molecule has 1 saturated heterocycles. The van der Waals surface area contributed by atoms with Crippen LogP contribution < -0.4 is 11.1 Å². The molecule has 0 aromatic carbocycles. The Morgan fingerprint density at radius 1 is 1.16 bits per heavy atom. The number of hydrogen-bond donors (Lipinski definition) is 7. The van der Waals surface area contributed by atoms with E-state index in [1.807, 2.05) is 0 Å². The van der Waals surface area contributed by atoms with Gasteiger partial charge in [0.25, 0.3) is 0 Å². The number of phosphoric acid groups is 3. The lowest BCUT2D eigenvalue weighted by Crippen LogP contribution is -2.44. The van der Waals surface area contributed by atoms with Crippen LogP contribution in [-0.4, -0.2) is 76.1 Å². The Hall–Kier alpha value is -1.36. The van der Waals surface area contributed by atoms with Gasteiger partial charge in [0.15, 0.2) is 17.7 Å². The summed E-state index contributed by atoms with van der Waals surface area (Å²) in [6, 6.07) is -0.871. The van der Waals surface area contributed by atoms with Crippen LogP contribution in [0.5, 0.6) is 0 Å². The Balaban J connectivity index is 1.73. The van der Waals surface area contributed by atoms with Gasteiger partial charge in [0.2, 0.25) is 0 Å². The molecule has 32 heavy (non-hydrogen) atoms. The largest absolute Gasteiger partial charge is 0.490 e. The summed E-state index contributed by atoms with van der Waals surface area (Å²) >= 11 is 0. The van der Waals surface area contributed by atoms with Crippen LogP contribution in [0.1, 0.15) is 6.23 Å². The van der Waals surface area contributed by atoms with Crippen molar-refractivity contribution in [3.8, 4) is 0 Å². The molecule has 0 spiro atoms. The molecule has 3 rings (SSSR count). The SMILES string of the molecule is CN[C@H]1[C@@H](O)[C@H](n2cnc3c(N)ncnc32)O[C@@H]1COP(=O)(O)OP(=O)(O)OP(=O)(O)O. The molecule has 8 N–H and O–H groups in total. The van der Waals surface area contributed by atoms with Gasteiger partial charge < -0.3 is 40.5 Å². The molecule has 0 saturated carbocycles. The molecule has 2 unspecified atom stereocenters. The number of nitrogens with one attached hydrogen (secondary N) is 1. The fourth-order valence-electron chi connectivity index (χ4n) is 3.00. The monoisotopic (exact) mass is 520 g/mol. The molecule has 0 aliphatic carbocycles. The highest BCUT2D eigenvalue weighted by Crippen LogP contribution is 2.66. The molecule has 1 fully saturated rings. The lowest BCUT2D eigenvalue weighted by Gasteiger charge is -2.21. The molecule has 18 nitrogen and oxygen atoms in total. The van der Waals surface area contributed by atoms with Crippen molar-refractivity contribution in [1.82, 2.24) is 24.8 Å². The molecule has 180 valence electrons. The lowest BCUT2D eigenvalue weighted by molar-refractivity contribution is -0.0483. The number of aliphatic hydroxyl groups excluding tert-OH is 1. The van der Waals surface area contributed by atoms with Crippen LogP contribution in [0.2, 0.25) is 0 Å². The second kappa shape index (κ2) is 9.12. The molecular weight excluding hydrogens is 501 g/mol. The van der Waals surface area contributed by atoms with Crippen molar-refractivity contribution in [1.29, 1.82) is 0 Å². The number of nitrogen functional groups attached to an aromatic ring is 1. The number of phosphoric ester groups is 1. The Morgan fingerprint density at radius 2 is 1.84 bits per heavy atom. The number of rotatable bonds is 9. The summed E-state index contributed by atoms with van der Waals surface area (Å²) in [5.41, 5.74) is 6.22. The second-order valence-corrected chi connectivity index (χ2v) is 10.8. The number of ether oxygens (including phenoxy) is 1. The molecule has 0 bridgehead atoms. The molecule has 6 atom stereocenters. The van der Waals surface area contributed by atoms with Crippen LogP contribution in [0, 0.1) is 0 Å². The van der Waals surface area contributed by atoms with E-state index in [1.165, 1.54) is 24.3 Å². The molecule has 21 heteroatoms. The summed E-state index contributed by atoms with van der Waals surface area (Å²) in [5, 5.41) is 13.4. The van der Waals surface area contributed by atoms with Crippen molar-refractivity contribution in [2.24, 2.45) is 0 Å². The van der Waals surface area contributed by atoms with Crippen molar-refractivity contribution in [2.75, 3.05) is 19.4 Å². The van der Waals surface area contributed by atoms with E-state index in [9.17, 15) is 28.6 Å². The van der Waals surface area contributed by atoms with Gasteiger partial charge >= 0.3 is 23.5 Å². The van der Waals surface area contributed by atoms with E-state index in [1.54, 1.807) is 0 Å². The summed E-state index contributed by atoms with van der Waals surface area (Å²) in [7, 11) is -15.1. The molecule has 0 radical (unpaired) electrons. The van der Waals surface area contributed by atoms with Gasteiger partial charge in [-0.1, -0.05) is 0 Å². The van der Waals surface area contributed by atoms with Gasteiger partial charge in [0.1, 0.15) is 24.1 Å². The van der Waals surface area contributed by atoms with Crippen molar-refractivity contribution in [3.63, 3.8) is 0 Å². The van der Waals surface area contributed by atoms with Crippen LogP contribution in [0.3, 0.4) is 0 Å². The minimum atomic E-state index is -5.66. The molecule has 0 amide bonds. The van der Waals surface area contributed by atoms with Gasteiger partial charge in [-0.3, -0.25) is 9.09 Å². The van der Waals surface area contributed by atoms with Crippen LogP contribution >= 0.6 is 23.5 Å².